The van der Waals surface area contributed by atoms with Gasteiger partial charge >= 0.3 is 0 Å². The number of para-hydroxylation sites is 1. The van der Waals surface area contributed by atoms with E-state index in [1.807, 2.05) is 18.2 Å². The normalized spacial score (nSPS) is 28.5. The highest BCUT2D eigenvalue weighted by Gasteiger charge is 2.44. The van der Waals surface area contributed by atoms with E-state index in [4.69, 9.17) is 4.74 Å². The van der Waals surface area contributed by atoms with E-state index in [1.165, 1.54) is 6.42 Å². The number of hydrogen-bond acceptors (Lipinski definition) is 3. The van der Waals surface area contributed by atoms with Crippen LogP contribution in [-0.2, 0) is 4.79 Å². The van der Waals surface area contributed by atoms with Gasteiger partial charge in [0.05, 0.1) is 12.8 Å². The van der Waals surface area contributed by atoms with Gasteiger partial charge in [-0.2, -0.15) is 0 Å². The highest BCUT2D eigenvalue weighted by atomic mass is 16.5. The molecule has 2 N–H and O–H groups in total. The summed E-state index contributed by atoms with van der Waals surface area (Å²) >= 11 is 0. The molecule has 3 rings (SSSR count). The van der Waals surface area contributed by atoms with E-state index in [2.05, 4.69) is 17.6 Å². The lowest BCUT2D eigenvalue weighted by Gasteiger charge is -2.43. The van der Waals surface area contributed by atoms with Crippen LogP contribution in [0.4, 0.5) is 11.4 Å². The van der Waals surface area contributed by atoms with Gasteiger partial charge in [0.1, 0.15) is 17.0 Å². The lowest BCUT2D eigenvalue weighted by Crippen LogP contribution is -2.54. The standard InChI is InChI=1S/C16H22N2O2/c1-3-11-7-9-16(10-8-11)15(19)17-14-12(18-16)5-4-6-13(14)20-2/h4-6,11,18H,3,7-10H2,1-2H3,(H,17,19). The molecule has 4 heteroatoms. The third-order valence-electron chi connectivity index (χ3n) is 4.83. The van der Waals surface area contributed by atoms with Crippen LogP contribution in [0.25, 0.3) is 0 Å². The molecule has 1 aromatic carbocycles. The first-order chi connectivity index (χ1) is 9.68. The molecule has 0 aromatic heterocycles. The molecule has 0 unspecified atom stereocenters. The van der Waals surface area contributed by atoms with Gasteiger partial charge in [-0.15, -0.1) is 0 Å². The lowest BCUT2D eigenvalue weighted by molar-refractivity contribution is -0.121. The van der Waals surface area contributed by atoms with Crippen LogP contribution in [0.3, 0.4) is 0 Å². The predicted molar refractivity (Wildman–Crippen MR) is 80.2 cm³/mol. The Labute approximate surface area is 119 Å². The van der Waals surface area contributed by atoms with Crippen molar-refractivity contribution in [1.82, 2.24) is 0 Å². The molecule has 0 radical (unpaired) electrons. The van der Waals surface area contributed by atoms with Crippen molar-refractivity contribution in [2.75, 3.05) is 17.7 Å². The zero-order valence-electron chi connectivity index (χ0n) is 12.2. The second-order valence-corrected chi connectivity index (χ2v) is 5.90. The monoisotopic (exact) mass is 274 g/mol. The van der Waals surface area contributed by atoms with Crippen molar-refractivity contribution >= 4 is 17.3 Å². The summed E-state index contributed by atoms with van der Waals surface area (Å²) in [6, 6.07) is 5.82. The number of anilines is 2. The lowest BCUT2D eigenvalue weighted by atomic mass is 9.74. The Morgan fingerprint density at radius 2 is 2.10 bits per heavy atom. The Hall–Kier alpha value is -1.71. The molecule has 20 heavy (non-hydrogen) atoms. The van der Waals surface area contributed by atoms with Crippen molar-refractivity contribution in [2.45, 2.75) is 44.6 Å². The summed E-state index contributed by atoms with van der Waals surface area (Å²) in [5.41, 5.74) is 1.31. The molecule has 108 valence electrons. The van der Waals surface area contributed by atoms with Crippen LogP contribution >= 0.6 is 0 Å². The van der Waals surface area contributed by atoms with Crippen LogP contribution in [0.5, 0.6) is 5.75 Å². The van der Waals surface area contributed by atoms with Crippen LogP contribution in [0, 0.1) is 5.92 Å². The van der Waals surface area contributed by atoms with Crippen molar-refractivity contribution in [3.63, 3.8) is 0 Å². The molecule has 1 saturated carbocycles. The van der Waals surface area contributed by atoms with E-state index in [0.717, 1.165) is 43.0 Å². The molecule has 1 amide bonds. The van der Waals surface area contributed by atoms with Gasteiger partial charge in [-0.05, 0) is 43.7 Å². The fourth-order valence-corrected chi connectivity index (χ4v) is 3.41. The fourth-order valence-electron chi connectivity index (χ4n) is 3.41. The fraction of sp³-hybridized carbons (Fsp3) is 0.562. The van der Waals surface area contributed by atoms with Gasteiger partial charge in [0.2, 0.25) is 5.91 Å². The average molecular weight is 274 g/mol. The molecule has 1 aromatic rings. The molecular formula is C16H22N2O2. The molecule has 4 nitrogen and oxygen atoms in total. The van der Waals surface area contributed by atoms with Gasteiger partial charge < -0.3 is 15.4 Å². The number of ether oxygens (including phenoxy) is 1. The van der Waals surface area contributed by atoms with Crippen molar-refractivity contribution < 1.29 is 9.53 Å². The maximum Gasteiger partial charge on any atom is 0.250 e. The maximum atomic E-state index is 12.6. The van der Waals surface area contributed by atoms with E-state index in [1.54, 1.807) is 7.11 Å². The highest BCUT2D eigenvalue weighted by molar-refractivity contribution is 6.07. The second kappa shape index (κ2) is 5.00. The largest absolute Gasteiger partial charge is 0.494 e. The first-order valence-corrected chi connectivity index (χ1v) is 7.45. The van der Waals surface area contributed by atoms with Crippen molar-refractivity contribution in [3.8, 4) is 5.75 Å². The third kappa shape index (κ3) is 2.03. The molecule has 0 bridgehead atoms. The molecule has 0 saturated heterocycles. The topological polar surface area (TPSA) is 50.4 Å². The molecular weight excluding hydrogens is 252 g/mol. The molecule has 1 aliphatic heterocycles. The highest BCUT2D eigenvalue weighted by Crippen LogP contribution is 2.44. The quantitative estimate of drug-likeness (QED) is 0.869. The minimum atomic E-state index is -0.426. The van der Waals surface area contributed by atoms with Gasteiger partial charge in [0.25, 0.3) is 0 Å². The zero-order valence-corrected chi connectivity index (χ0v) is 12.2. The van der Waals surface area contributed by atoms with Crippen molar-refractivity contribution in [2.24, 2.45) is 5.92 Å². The number of carbonyl (C=O) groups is 1. The summed E-state index contributed by atoms with van der Waals surface area (Å²) in [6.45, 7) is 2.23. The zero-order chi connectivity index (χ0) is 14.2. The first kappa shape index (κ1) is 13.3. The summed E-state index contributed by atoms with van der Waals surface area (Å²) in [7, 11) is 1.62. The van der Waals surface area contributed by atoms with E-state index in [0.29, 0.717) is 5.75 Å². The number of fused-ring (bicyclic) bond motifs is 1. The molecule has 1 heterocycles. The van der Waals surface area contributed by atoms with Gasteiger partial charge in [0.15, 0.2) is 0 Å². The Balaban J connectivity index is 1.88. The number of methoxy groups -OCH3 is 1. The second-order valence-electron chi connectivity index (χ2n) is 5.90. The maximum absolute atomic E-state index is 12.6. The molecule has 1 fully saturated rings. The Kier molecular flexibility index (Phi) is 3.32. The number of nitrogens with one attached hydrogen (secondary N) is 2. The molecule has 0 atom stereocenters. The van der Waals surface area contributed by atoms with Crippen LogP contribution in [0.15, 0.2) is 18.2 Å². The number of carbonyl (C=O) groups excluding carboxylic acids is 1. The van der Waals surface area contributed by atoms with Crippen molar-refractivity contribution in [3.05, 3.63) is 18.2 Å². The van der Waals surface area contributed by atoms with E-state index in [9.17, 15) is 4.79 Å². The first-order valence-electron chi connectivity index (χ1n) is 7.45. The summed E-state index contributed by atoms with van der Waals surface area (Å²) in [5, 5.41) is 6.54. The predicted octanol–water partition coefficient (Wildman–Crippen LogP) is 3.40. The van der Waals surface area contributed by atoms with Crippen LogP contribution in [-0.4, -0.2) is 18.6 Å². The Morgan fingerprint density at radius 3 is 2.75 bits per heavy atom. The summed E-state index contributed by atoms with van der Waals surface area (Å²) in [4.78, 5) is 12.6. The Morgan fingerprint density at radius 1 is 1.35 bits per heavy atom. The molecule has 1 aliphatic carbocycles. The Bertz CT molecular complexity index is 519. The van der Waals surface area contributed by atoms with Crippen LogP contribution < -0.4 is 15.4 Å². The molecule has 2 aliphatic rings. The van der Waals surface area contributed by atoms with E-state index in [-0.39, 0.29) is 5.91 Å². The summed E-state index contributed by atoms with van der Waals surface area (Å²) in [5.74, 6) is 1.56. The number of rotatable bonds is 2. The van der Waals surface area contributed by atoms with Crippen molar-refractivity contribution in [1.29, 1.82) is 0 Å². The number of amides is 1. The van der Waals surface area contributed by atoms with Gasteiger partial charge in [-0.1, -0.05) is 19.4 Å². The number of hydrogen-bond donors (Lipinski definition) is 2. The van der Waals surface area contributed by atoms with Gasteiger partial charge in [-0.3, -0.25) is 4.79 Å². The SMILES string of the molecule is CCC1CCC2(CC1)Nc1cccc(OC)c1NC2=O. The van der Waals surface area contributed by atoms with E-state index >= 15 is 0 Å². The minimum absolute atomic E-state index is 0.0871. The summed E-state index contributed by atoms with van der Waals surface area (Å²) in [6.07, 6.45) is 5.27. The average Bonchev–Trinajstić information content (AvgIpc) is 2.49. The minimum Gasteiger partial charge on any atom is -0.494 e. The smallest absolute Gasteiger partial charge is 0.250 e. The third-order valence-corrected chi connectivity index (χ3v) is 4.83. The van der Waals surface area contributed by atoms with Crippen LogP contribution in [0.2, 0.25) is 0 Å². The summed E-state index contributed by atoms with van der Waals surface area (Å²) < 4.78 is 5.32. The van der Waals surface area contributed by atoms with Gasteiger partial charge in [-0.25, -0.2) is 0 Å². The van der Waals surface area contributed by atoms with E-state index < -0.39 is 5.54 Å². The molecule has 1 spiro atoms. The number of benzene rings is 1. The van der Waals surface area contributed by atoms with Crippen LogP contribution in [0.1, 0.15) is 39.0 Å². The van der Waals surface area contributed by atoms with Gasteiger partial charge in [0, 0.05) is 0 Å².